The predicted molar refractivity (Wildman–Crippen MR) is 143 cm³/mol. The fourth-order valence-electron chi connectivity index (χ4n) is 4.31. The zero-order valence-electron chi connectivity index (χ0n) is 19.9. The summed E-state index contributed by atoms with van der Waals surface area (Å²) in [6.07, 6.45) is 4.66. The molecule has 2 aliphatic heterocycles. The first kappa shape index (κ1) is 27.3. The Kier molecular flexibility index (Phi) is 13.5. The Morgan fingerprint density at radius 2 is 1.97 bits per heavy atom. The summed E-state index contributed by atoms with van der Waals surface area (Å²) < 4.78 is 11.2. The molecule has 6 nitrogen and oxygen atoms in total. The maximum Gasteiger partial charge on any atom is 0.191 e. The van der Waals surface area contributed by atoms with Crippen LogP contribution in [0, 0.1) is 11.8 Å². The number of halogens is 1. The number of ether oxygens (including phenoxy) is 2. The molecule has 7 heteroatoms. The van der Waals surface area contributed by atoms with Crippen LogP contribution in [-0.2, 0) is 9.47 Å². The number of aliphatic imine (C=N–C) groups is 1. The van der Waals surface area contributed by atoms with Crippen molar-refractivity contribution in [1.82, 2.24) is 15.5 Å². The summed E-state index contributed by atoms with van der Waals surface area (Å²) in [5, 5.41) is 6.88. The standard InChI is InChI=1S/C25H42N4O2.HI/c1-3-26-25(27-13-7-16-30-19-22-12-17-31-20-22)28-18-24(23-8-5-4-6-9-23)29-14-10-21(2)11-15-29;/h4-6,8-9,21-22,24H,3,7,10-20H2,1-2H3,(H2,26,27,28);1H. The molecule has 182 valence electrons. The number of hydrogen-bond donors (Lipinski definition) is 2. The fourth-order valence-corrected chi connectivity index (χ4v) is 4.31. The molecule has 0 saturated carbocycles. The second-order valence-electron chi connectivity index (χ2n) is 8.95. The molecule has 1 aromatic rings. The van der Waals surface area contributed by atoms with Gasteiger partial charge in [0.1, 0.15) is 0 Å². The van der Waals surface area contributed by atoms with Gasteiger partial charge in [0.25, 0.3) is 0 Å². The number of piperidine rings is 1. The molecule has 0 aliphatic carbocycles. The molecular weight excluding hydrogens is 515 g/mol. The third-order valence-electron chi connectivity index (χ3n) is 6.35. The number of likely N-dealkylation sites (tertiary alicyclic amines) is 1. The van der Waals surface area contributed by atoms with Crippen molar-refractivity contribution in [2.75, 3.05) is 59.2 Å². The van der Waals surface area contributed by atoms with Crippen LogP contribution in [0.5, 0.6) is 0 Å². The van der Waals surface area contributed by atoms with Crippen molar-refractivity contribution in [2.45, 2.75) is 45.6 Å². The second-order valence-corrected chi connectivity index (χ2v) is 8.95. The zero-order valence-corrected chi connectivity index (χ0v) is 22.3. The van der Waals surface area contributed by atoms with Crippen LogP contribution in [0.15, 0.2) is 35.3 Å². The van der Waals surface area contributed by atoms with E-state index in [4.69, 9.17) is 14.5 Å². The van der Waals surface area contributed by atoms with Gasteiger partial charge in [-0.05, 0) is 57.2 Å². The molecule has 2 N–H and O–H groups in total. The normalized spacial score (nSPS) is 21.2. The van der Waals surface area contributed by atoms with Crippen LogP contribution in [0.25, 0.3) is 0 Å². The number of nitrogens with one attached hydrogen (secondary N) is 2. The van der Waals surface area contributed by atoms with E-state index in [1.807, 2.05) is 0 Å². The quantitative estimate of drug-likeness (QED) is 0.186. The van der Waals surface area contributed by atoms with Crippen molar-refractivity contribution in [3.05, 3.63) is 35.9 Å². The highest BCUT2D eigenvalue weighted by Gasteiger charge is 2.24. The van der Waals surface area contributed by atoms with Crippen LogP contribution in [-0.4, -0.2) is 70.0 Å². The Labute approximate surface area is 211 Å². The Morgan fingerprint density at radius 1 is 1.19 bits per heavy atom. The van der Waals surface area contributed by atoms with Gasteiger partial charge in [-0.1, -0.05) is 37.3 Å². The van der Waals surface area contributed by atoms with Gasteiger partial charge in [0.15, 0.2) is 5.96 Å². The second kappa shape index (κ2) is 15.9. The first-order valence-corrected chi connectivity index (χ1v) is 12.2. The van der Waals surface area contributed by atoms with Gasteiger partial charge in [-0.3, -0.25) is 9.89 Å². The molecule has 2 heterocycles. The molecule has 2 aliphatic rings. The van der Waals surface area contributed by atoms with Crippen molar-refractivity contribution in [3.63, 3.8) is 0 Å². The molecule has 1 aromatic carbocycles. The zero-order chi connectivity index (χ0) is 21.7. The number of rotatable bonds is 11. The van der Waals surface area contributed by atoms with Gasteiger partial charge in [-0.25, -0.2) is 0 Å². The minimum absolute atomic E-state index is 0. The van der Waals surface area contributed by atoms with Crippen LogP contribution in [0.3, 0.4) is 0 Å². The van der Waals surface area contributed by atoms with Crippen molar-refractivity contribution in [2.24, 2.45) is 16.8 Å². The van der Waals surface area contributed by atoms with Crippen molar-refractivity contribution >= 4 is 29.9 Å². The van der Waals surface area contributed by atoms with Crippen LogP contribution >= 0.6 is 24.0 Å². The molecule has 0 spiro atoms. The third-order valence-corrected chi connectivity index (χ3v) is 6.35. The van der Waals surface area contributed by atoms with Gasteiger partial charge in [0.05, 0.1) is 25.8 Å². The highest BCUT2D eigenvalue weighted by Crippen LogP contribution is 2.27. The summed E-state index contributed by atoms with van der Waals surface area (Å²) >= 11 is 0. The summed E-state index contributed by atoms with van der Waals surface area (Å²) in [5.41, 5.74) is 1.36. The lowest BCUT2D eigenvalue weighted by atomic mass is 9.96. The monoisotopic (exact) mass is 558 g/mol. The Hall–Kier alpha value is -0.900. The van der Waals surface area contributed by atoms with Crippen molar-refractivity contribution < 1.29 is 9.47 Å². The van der Waals surface area contributed by atoms with E-state index in [0.29, 0.717) is 12.0 Å². The molecule has 32 heavy (non-hydrogen) atoms. The number of benzene rings is 1. The number of nitrogens with zero attached hydrogens (tertiary/aromatic N) is 2. The smallest absolute Gasteiger partial charge is 0.191 e. The Balaban J connectivity index is 0.00000363. The number of guanidine groups is 1. The summed E-state index contributed by atoms with van der Waals surface area (Å²) in [5.74, 6) is 2.32. The molecule has 0 bridgehead atoms. The Morgan fingerprint density at radius 3 is 2.66 bits per heavy atom. The largest absolute Gasteiger partial charge is 0.381 e. The molecule has 2 unspecified atom stereocenters. The van der Waals surface area contributed by atoms with Crippen LogP contribution in [0.1, 0.15) is 51.1 Å². The van der Waals surface area contributed by atoms with Crippen molar-refractivity contribution in [3.8, 4) is 0 Å². The van der Waals surface area contributed by atoms with Gasteiger partial charge in [0.2, 0.25) is 0 Å². The molecule has 2 saturated heterocycles. The van der Waals surface area contributed by atoms with Crippen LogP contribution in [0.4, 0.5) is 0 Å². The fraction of sp³-hybridized carbons (Fsp3) is 0.720. The van der Waals surface area contributed by atoms with Crippen molar-refractivity contribution in [1.29, 1.82) is 0 Å². The third kappa shape index (κ3) is 9.53. The lowest BCUT2D eigenvalue weighted by Crippen LogP contribution is -2.40. The van der Waals surface area contributed by atoms with E-state index in [1.54, 1.807) is 0 Å². The van der Waals surface area contributed by atoms with Gasteiger partial charge in [-0.15, -0.1) is 24.0 Å². The Bertz CT molecular complexity index is 632. The average molecular weight is 559 g/mol. The molecule has 0 radical (unpaired) electrons. The van der Waals surface area contributed by atoms with Gasteiger partial charge in [0, 0.05) is 32.2 Å². The van der Waals surface area contributed by atoms with Crippen LogP contribution < -0.4 is 10.6 Å². The summed E-state index contributed by atoms with van der Waals surface area (Å²) in [6.45, 7) is 12.6. The SMILES string of the molecule is CCNC(=NCC(c1ccccc1)N1CCC(C)CC1)NCCCOCC1CCOC1.I. The first-order chi connectivity index (χ1) is 15.3. The topological polar surface area (TPSA) is 58.1 Å². The summed E-state index contributed by atoms with van der Waals surface area (Å²) in [7, 11) is 0. The highest BCUT2D eigenvalue weighted by molar-refractivity contribution is 14.0. The lowest BCUT2D eigenvalue weighted by Gasteiger charge is -2.36. The molecule has 0 amide bonds. The van der Waals surface area contributed by atoms with E-state index in [9.17, 15) is 0 Å². The molecular formula is C25H43IN4O2. The lowest BCUT2D eigenvalue weighted by molar-refractivity contribution is 0.0888. The molecule has 3 rings (SSSR count). The van der Waals surface area contributed by atoms with Crippen LogP contribution in [0.2, 0.25) is 0 Å². The van der Waals surface area contributed by atoms with E-state index in [0.717, 1.165) is 83.9 Å². The van der Waals surface area contributed by atoms with E-state index in [-0.39, 0.29) is 24.0 Å². The minimum Gasteiger partial charge on any atom is -0.381 e. The molecule has 0 aromatic heterocycles. The first-order valence-electron chi connectivity index (χ1n) is 12.2. The number of hydrogen-bond acceptors (Lipinski definition) is 4. The molecule has 2 fully saturated rings. The predicted octanol–water partition coefficient (Wildman–Crippen LogP) is 4.08. The summed E-state index contributed by atoms with van der Waals surface area (Å²) in [4.78, 5) is 7.57. The van der Waals surface area contributed by atoms with E-state index >= 15 is 0 Å². The van der Waals surface area contributed by atoms with E-state index in [2.05, 4.69) is 59.7 Å². The summed E-state index contributed by atoms with van der Waals surface area (Å²) in [6, 6.07) is 11.2. The highest BCUT2D eigenvalue weighted by atomic mass is 127. The molecule has 2 atom stereocenters. The van der Waals surface area contributed by atoms with E-state index in [1.165, 1.54) is 18.4 Å². The van der Waals surface area contributed by atoms with Gasteiger partial charge < -0.3 is 20.1 Å². The minimum atomic E-state index is 0. The maximum atomic E-state index is 5.82. The van der Waals surface area contributed by atoms with E-state index < -0.39 is 0 Å². The maximum absolute atomic E-state index is 5.82. The van der Waals surface area contributed by atoms with Gasteiger partial charge in [-0.2, -0.15) is 0 Å². The van der Waals surface area contributed by atoms with Gasteiger partial charge >= 0.3 is 0 Å². The average Bonchev–Trinajstić information content (AvgIpc) is 3.31.